The van der Waals surface area contributed by atoms with Crippen LogP contribution in [0.1, 0.15) is 24.8 Å². The summed E-state index contributed by atoms with van der Waals surface area (Å²) >= 11 is 13.3. The molecule has 0 saturated carbocycles. The zero-order valence-electron chi connectivity index (χ0n) is 20.3. The number of hydrogen-bond donors (Lipinski definition) is 1. The first-order valence-corrected chi connectivity index (χ1v) is 13.8. The molecule has 2 aromatic carbocycles. The molecule has 3 heterocycles. The first-order chi connectivity index (χ1) is 18.4. The largest absolute Gasteiger partial charge is 0.445 e. The topological polar surface area (TPSA) is 105 Å². The molecule has 2 aliphatic heterocycles. The molecule has 2 saturated heterocycles. The van der Waals surface area contributed by atoms with Gasteiger partial charge >= 0.3 is 6.09 Å². The molecular formula is C26H25Cl2N5O4S. The highest BCUT2D eigenvalue weighted by atomic mass is 35.5. The maximum atomic E-state index is 12.9. The minimum absolute atomic E-state index is 0.0120. The summed E-state index contributed by atoms with van der Waals surface area (Å²) in [5.41, 5.74) is 3.09. The number of nitrogens with one attached hydrogen (secondary N) is 1. The molecule has 0 spiro atoms. The van der Waals surface area contributed by atoms with Crippen molar-refractivity contribution in [2.24, 2.45) is 5.92 Å². The van der Waals surface area contributed by atoms with Crippen LogP contribution < -0.4 is 5.32 Å². The van der Waals surface area contributed by atoms with Gasteiger partial charge in [-0.2, -0.15) is 0 Å². The maximum Gasteiger partial charge on any atom is 0.410 e. The molecule has 0 bridgehead atoms. The van der Waals surface area contributed by atoms with E-state index >= 15 is 0 Å². The molecule has 0 radical (unpaired) electrons. The second-order valence-electron chi connectivity index (χ2n) is 9.35. The van der Waals surface area contributed by atoms with Crippen LogP contribution in [0.25, 0.3) is 11.3 Å². The van der Waals surface area contributed by atoms with Gasteiger partial charge in [0.15, 0.2) is 0 Å². The second-order valence-corrected chi connectivity index (χ2v) is 10.8. The van der Waals surface area contributed by atoms with Crippen molar-refractivity contribution in [2.45, 2.75) is 31.9 Å². The number of halogens is 2. The number of ether oxygens (including phenoxy) is 1. The number of carbonyl (C=O) groups is 3. The molecule has 5 rings (SSSR count). The summed E-state index contributed by atoms with van der Waals surface area (Å²) < 4.78 is 9.29. The molecule has 1 N–H and O–H groups in total. The normalized spacial score (nSPS) is 18.1. The quantitative estimate of drug-likeness (QED) is 0.440. The lowest BCUT2D eigenvalue weighted by atomic mass is 10.0. The number of piperidine rings is 1. The van der Waals surface area contributed by atoms with Gasteiger partial charge < -0.3 is 19.9 Å². The molecule has 9 nitrogen and oxygen atoms in total. The predicted molar refractivity (Wildman–Crippen MR) is 145 cm³/mol. The number of likely N-dealkylation sites (tertiary alicyclic amines) is 2. The number of hydrogen-bond acceptors (Lipinski definition) is 7. The first kappa shape index (κ1) is 26.4. The number of anilines is 1. The molecule has 2 aliphatic rings. The van der Waals surface area contributed by atoms with Gasteiger partial charge in [0, 0.05) is 58.8 Å². The van der Waals surface area contributed by atoms with Gasteiger partial charge in [-0.25, -0.2) is 4.79 Å². The molecule has 1 atom stereocenters. The average molecular weight is 574 g/mol. The number of aromatic nitrogens is 2. The Labute approximate surface area is 233 Å². The molecule has 2 fully saturated rings. The van der Waals surface area contributed by atoms with Crippen molar-refractivity contribution in [2.75, 3.05) is 25.0 Å². The number of amides is 3. The molecule has 3 aromatic rings. The van der Waals surface area contributed by atoms with E-state index in [1.807, 2.05) is 29.6 Å². The molecule has 38 heavy (non-hydrogen) atoms. The Morgan fingerprint density at radius 3 is 2.45 bits per heavy atom. The molecule has 1 aromatic heterocycles. The van der Waals surface area contributed by atoms with E-state index in [1.165, 1.54) is 11.5 Å². The number of nitrogens with zero attached hydrogens (tertiary/aromatic N) is 4. The van der Waals surface area contributed by atoms with Crippen LogP contribution in [0, 0.1) is 5.92 Å². The van der Waals surface area contributed by atoms with Crippen LogP contribution in [0.2, 0.25) is 10.0 Å². The Morgan fingerprint density at radius 2 is 1.79 bits per heavy atom. The summed E-state index contributed by atoms with van der Waals surface area (Å²) in [6.45, 7) is 1.39. The van der Waals surface area contributed by atoms with Crippen LogP contribution in [0.3, 0.4) is 0 Å². The number of benzene rings is 2. The van der Waals surface area contributed by atoms with E-state index in [0.717, 1.165) is 11.3 Å². The lowest BCUT2D eigenvalue weighted by Crippen LogP contribution is -2.47. The Morgan fingerprint density at radius 1 is 1.08 bits per heavy atom. The third-order valence-corrected chi connectivity index (χ3v) is 7.73. The zero-order valence-corrected chi connectivity index (χ0v) is 22.6. The third kappa shape index (κ3) is 6.25. The highest BCUT2D eigenvalue weighted by molar-refractivity contribution is 7.03. The van der Waals surface area contributed by atoms with Gasteiger partial charge in [-0.1, -0.05) is 39.8 Å². The van der Waals surface area contributed by atoms with Crippen molar-refractivity contribution in [1.82, 2.24) is 19.4 Å². The molecule has 12 heteroatoms. The molecule has 0 aliphatic carbocycles. The van der Waals surface area contributed by atoms with Crippen molar-refractivity contribution >= 4 is 58.3 Å². The fraction of sp³-hybridized carbons (Fsp3) is 0.346. The van der Waals surface area contributed by atoms with Gasteiger partial charge in [-0.15, -0.1) is 5.10 Å². The van der Waals surface area contributed by atoms with Crippen molar-refractivity contribution in [3.63, 3.8) is 0 Å². The zero-order chi connectivity index (χ0) is 26.6. The van der Waals surface area contributed by atoms with Crippen molar-refractivity contribution in [3.8, 4) is 11.3 Å². The van der Waals surface area contributed by atoms with E-state index in [-0.39, 0.29) is 30.9 Å². The van der Waals surface area contributed by atoms with Crippen LogP contribution in [-0.4, -0.2) is 63.0 Å². The first-order valence-electron chi connectivity index (χ1n) is 12.2. The SMILES string of the molecule is O=C(Nc1ccc(-c2csnn2)cc1)C1CC(=O)N(C2CCN(C(=O)OCc3cc(Cl)cc(Cl)c3)CC2)C1. The fourth-order valence-electron chi connectivity index (χ4n) is 4.81. The summed E-state index contributed by atoms with van der Waals surface area (Å²) in [5.74, 6) is -0.626. The van der Waals surface area contributed by atoms with Crippen molar-refractivity contribution in [1.29, 1.82) is 0 Å². The van der Waals surface area contributed by atoms with Gasteiger partial charge in [-0.3, -0.25) is 9.59 Å². The lowest BCUT2D eigenvalue weighted by molar-refractivity contribution is -0.130. The van der Waals surface area contributed by atoms with E-state index in [2.05, 4.69) is 14.9 Å². The monoisotopic (exact) mass is 573 g/mol. The molecule has 3 amide bonds. The van der Waals surface area contributed by atoms with E-state index < -0.39 is 12.0 Å². The van der Waals surface area contributed by atoms with E-state index in [0.29, 0.717) is 53.8 Å². The average Bonchev–Trinajstić information content (AvgIpc) is 3.58. The van der Waals surface area contributed by atoms with Gasteiger partial charge in [0.1, 0.15) is 12.3 Å². The minimum atomic E-state index is -0.419. The number of carbonyl (C=O) groups excluding carboxylic acids is 3. The van der Waals surface area contributed by atoms with E-state index in [9.17, 15) is 14.4 Å². The third-order valence-electron chi connectivity index (χ3n) is 6.79. The maximum absolute atomic E-state index is 12.9. The molecule has 198 valence electrons. The van der Waals surface area contributed by atoms with Crippen LogP contribution in [0.4, 0.5) is 10.5 Å². The van der Waals surface area contributed by atoms with Gasteiger partial charge in [0.2, 0.25) is 11.8 Å². The summed E-state index contributed by atoms with van der Waals surface area (Å²) in [6.07, 6.45) is 1.02. The van der Waals surface area contributed by atoms with E-state index in [1.54, 1.807) is 28.0 Å². The molecule has 1 unspecified atom stereocenters. The summed E-state index contributed by atoms with van der Waals surface area (Å²) in [4.78, 5) is 41.6. The lowest BCUT2D eigenvalue weighted by Gasteiger charge is -2.36. The fourth-order valence-corrected chi connectivity index (χ4v) is 5.85. The Balaban J connectivity index is 1.09. The smallest absolute Gasteiger partial charge is 0.410 e. The molecular weight excluding hydrogens is 549 g/mol. The highest BCUT2D eigenvalue weighted by Crippen LogP contribution is 2.28. The summed E-state index contributed by atoms with van der Waals surface area (Å²) in [6, 6.07) is 12.4. The summed E-state index contributed by atoms with van der Waals surface area (Å²) in [7, 11) is 0. The van der Waals surface area contributed by atoms with Gasteiger partial charge in [-0.05, 0) is 60.3 Å². The number of rotatable bonds is 6. The van der Waals surface area contributed by atoms with Gasteiger partial charge in [0.25, 0.3) is 0 Å². The van der Waals surface area contributed by atoms with Crippen molar-refractivity contribution in [3.05, 3.63) is 63.5 Å². The predicted octanol–water partition coefficient (Wildman–Crippen LogP) is 5.10. The minimum Gasteiger partial charge on any atom is -0.445 e. The second kappa shape index (κ2) is 11.7. The van der Waals surface area contributed by atoms with Crippen LogP contribution in [0.5, 0.6) is 0 Å². The van der Waals surface area contributed by atoms with Crippen molar-refractivity contribution < 1.29 is 19.1 Å². The summed E-state index contributed by atoms with van der Waals surface area (Å²) in [5, 5.41) is 9.78. The Bertz CT molecular complexity index is 1290. The Kier molecular flexibility index (Phi) is 8.11. The Hall–Kier alpha value is -3.21. The van der Waals surface area contributed by atoms with Crippen LogP contribution in [-0.2, 0) is 20.9 Å². The van der Waals surface area contributed by atoms with Crippen LogP contribution in [0.15, 0.2) is 47.8 Å². The van der Waals surface area contributed by atoms with E-state index in [4.69, 9.17) is 27.9 Å². The van der Waals surface area contributed by atoms with Gasteiger partial charge in [0.05, 0.1) is 5.92 Å². The standard InChI is InChI=1S/C26H25Cl2N5O4S/c27-19-9-16(10-20(28)12-19)14-37-26(36)32-7-5-22(6-8-32)33-13-18(11-24(33)34)25(35)29-21-3-1-17(2-4-21)23-15-38-31-30-23/h1-4,9-10,12,15,18,22H,5-8,11,13-14H2,(H,29,35). The van der Waals surface area contributed by atoms with Crippen LogP contribution >= 0.6 is 34.7 Å². The highest BCUT2D eigenvalue weighted by Gasteiger charge is 2.39.